The Kier molecular flexibility index (Phi) is 11.4. The van der Waals surface area contributed by atoms with Crippen molar-refractivity contribution in [3.8, 4) is 5.75 Å². The molecule has 4 aromatic carbocycles. The van der Waals surface area contributed by atoms with E-state index < -0.39 is 24.1 Å². The zero-order valence-electron chi connectivity index (χ0n) is 26.4. The van der Waals surface area contributed by atoms with E-state index >= 15 is 0 Å². The Hall–Kier alpha value is -5.44. The van der Waals surface area contributed by atoms with Gasteiger partial charge in [-0.1, -0.05) is 91.0 Å². The first-order valence-corrected chi connectivity index (χ1v) is 15.7. The number of ketones is 1. The van der Waals surface area contributed by atoms with Crippen LogP contribution in [0.5, 0.6) is 5.75 Å². The van der Waals surface area contributed by atoms with E-state index in [2.05, 4.69) is 5.32 Å². The van der Waals surface area contributed by atoms with Crippen LogP contribution in [0.4, 0.5) is 4.79 Å². The number of carbonyl (C=O) groups is 4. The zero-order valence-corrected chi connectivity index (χ0v) is 26.4. The first-order valence-electron chi connectivity index (χ1n) is 15.7. The van der Waals surface area contributed by atoms with Crippen molar-refractivity contribution in [2.75, 3.05) is 20.1 Å². The summed E-state index contributed by atoms with van der Waals surface area (Å²) in [5, 5.41) is 2.87. The first-order chi connectivity index (χ1) is 22.9. The minimum atomic E-state index is -0.903. The maximum absolute atomic E-state index is 13.7. The van der Waals surface area contributed by atoms with Gasteiger partial charge in [-0.3, -0.25) is 9.59 Å². The molecule has 242 valence electrons. The molecule has 0 radical (unpaired) electrons. The highest BCUT2D eigenvalue weighted by atomic mass is 16.5. The molecule has 1 fully saturated rings. The molecule has 9 nitrogen and oxygen atoms in total. The van der Waals surface area contributed by atoms with E-state index in [1.165, 1.54) is 16.8 Å². The monoisotopic (exact) mass is 633 g/mol. The molecule has 0 aromatic heterocycles. The number of hydrogen-bond donors (Lipinski definition) is 1. The van der Waals surface area contributed by atoms with E-state index in [0.29, 0.717) is 37.3 Å². The third-order valence-electron chi connectivity index (χ3n) is 8.06. The van der Waals surface area contributed by atoms with E-state index in [9.17, 15) is 19.2 Å². The SMILES string of the molecule is CN(CC(=O)C(Cc1ccc(OCc2ccccc2)cc1)NC(=O)c1ccccc1)C(=O)N1CCC[C@H]1C(=O)OCc1ccccc1. The van der Waals surface area contributed by atoms with E-state index in [1.807, 2.05) is 91.0 Å². The second-order valence-electron chi connectivity index (χ2n) is 11.6. The molecule has 0 aliphatic carbocycles. The summed E-state index contributed by atoms with van der Waals surface area (Å²) in [7, 11) is 1.53. The number of nitrogens with zero attached hydrogens (tertiary/aromatic N) is 2. The molecule has 1 aliphatic heterocycles. The van der Waals surface area contributed by atoms with Crippen LogP contribution in [0.15, 0.2) is 115 Å². The van der Waals surface area contributed by atoms with Gasteiger partial charge in [0.1, 0.15) is 25.0 Å². The molecule has 1 saturated heterocycles. The van der Waals surface area contributed by atoms with E-state index in [1.54, 1.807) is 24.3 Å². The van der Waals surface area contributed by atoms with Crippen LogP contribution in [0.2, 0.25) is 0 Å². The summed E-state index contributed by atoms with van der Waals surface area (Å²) in [6.45, 7) is 0.682. The number of carbonyl (C=O) groups excluding carboxylic acids is 4. The second-order valence-corrected chi connectivity index (χ2v) is 11.6. The summed E-state index contributed by atoms with van der Waals surface area (Å²) in [6, 6.07) is 33.2. The Morgan fingerprint density at radius 2 is 1.38 bits per heavy atom. The number of rotatable bonds is 13. The number of amides is 3. The first kappa shape index (κ1) is 32.9. The van der Waals surface area contributed by atoms with Crippen LogP contribution in [-0.2, 0) is 34.0 Å². The second kappa shape index (κ2) is 16.2. The maximum atomic E-state index is 13.7. The molecule has 1 heterocycles. The van der Waals surface area contributed by atoms with Crippen molar-refractivity contribution in [2.45, 2.75) is 44.6 Å². The van der Waals surface area contributed by atoms with Crippen LogP contribution < -0.4 is 10.1 Å². The third kappa shape index (κ3) is 9.29. The zero-order chi connectivity index (χ0) is 33.0. The molecule has 47 heavy (non-hydrogen) atoms. The van der Waals surface area contributed by atoms with Crippen molar-refractivity contribution >= 4 is 23.7 Å². The smallest absolute Gasteiger partial charge is 0.329 e. The van der Waals surface area contributed by atoms with Gasteiger partial charge >= 0.3 is 12.0 Å². The predicted molar refractivity (Wildman–Crippen MR) is 178 cm³/mol. The molecule has 5 rings (SSSR count). The van der Waals surface area contributed by atoms with Crippen molar-refractivity contribution in [3.05, 3.63) is 138 Å². The van der Waals surface area contributed by atoms with E-state index in [-0.39, 0.29) is 31.3 Å². The molecule has 1 aliphatic rings. The average molecular weight is 634 g/mol. The van der Waals surface area contributed by atoms with Crippen LogP contribution in [0.1, 0.15) is 39.9 Å². The van der Waals surface area contributed by atoms with Crippen LogP contribution in [0.3, 0.4) is 0 Å². The average Bonchev–Trinajstić information content (AvgIpc) is 3.61. The van der Waals surface area contributed by atoms with Gasteiger partial charge in [-0.15, -0.1) is 0 Å². The number of benzene rings is 4. The minimum Gasteiger partial charge on any atom is -0.489 e. The number of hydrogen-bond acceptors (Lipinski definition) is 6. The summed E-state index contributed by atoms with van der Waals surface area (Å²) in [4.78, 5) is 56.0. The number of likely N-dealkylation sites (N-methyl/N-ethyl adjacent to an activating group) is 1. The molecule has 0 spiro atoms. The molecular weight excluding hydrogens is 594 g/mol. The summed E-state index contributed by atoms with van der Waals surface area (Å²) in [6.07, 6.45) is 1.36. The molecule has 3 amide bonds. The van der Waals surface area contributed by atoms with Gasteiger partial charge in [-0.2, -0.15) is 0 Å². The van der Waals surface area contributed by atoms with Crippen molar-refractivity contribution in [1.29, 1.82) is 0 Å². The quantitative estimate of drug-likeness (QED) is 0.197. The van der Waals surface area contributed by atoms with Gasteiger partial charge in [0.15, 0.2) is 5.78 Å². The lowest BCUT2D eigenvalue weighted by atomic mass is 10.0. The maximum Gasteiger partial charge on any atom is 0.329 e. The van der Waals surface area contributed by atoms with Gasteiger partial charge in [0, 0.05) is 19.2 Å². The molecule has 1 unspecified atom stereocenters. The summed E-state index contributed by atoms with van der Waals surface area (Å²) in [5.41, 5.74) is 3.15. The fraction of sp³-hybridized carbons (Fsp3) is 0.263. The van der Waals surface area contributed by atoms with E-state index in [4.69, 9.17) is 9.47 Å². The number of likely N-dealkylation sites (tertiary alicyclic amines) is 1. The lowest BCUT2D eigenvalue weighted by Gasteiger charge is -2.29. The van der Waals surface area contributed by atoms with Gasteiger partial charge in [0.25, 0.3) is 5.91 Å². The number of urea groups is 1. The molecule has 2 atom stereocenters. The van der Waals surface area contributed by atoms with Crippen LogP contribution in [0, 0.1) is 0 Å². The lowest BCUT2D eigenvalue weighted by molar-refractivity contribution is -0.149. The lowest BCUT2D eigenvalue weighted by Crippen LogP contribution is -2.51. The topological polar surface area (TPSA) is 105 Å². The van der Waals surface area contributed by atoms with Crippen molar-refractivity contribution in [2.24, 2.45) is 0 Å². The Bertz CT molecular complexity index is 1630. The summed E-state index contributed by atoms with van der Waals surface area (Å²) < 4.78 is 11.4. The predicted octanol–water partition coefficient (Wildman–Crippen LogP) is 5.44. The largest absolute Gasteiger partial charge is 0.489 e. The Morgan fingerprint density at radius 3 is 2.02 bits per heavy atom. The Morgan fingerprint density at radius 1 is 0.787 bits per heavy atom. The van der Waals surface area contributed by atoms with Crippen molar-refractivity contribution < 1.29 is 28.7 Å². The molecule has 0 saturated carbocycles. The van der Waals surface area contributed by atoms with Gasteiger partial charge in [0.2, 0.25) is 0 Å². The highest BCUT2D eigenvalue weighted by molar-refractivity contribution is 5.99. The highest BCUT2D eigenvalue weighted by Crippen LogP contribution is 2.21. The number of nitrogens with one attached hydrogen (secondary N) is 1. The van der Waals surface area contributed by atoms with Gasteiger partial charge < -0.3 is 24.6 Å². The minimum absolute atomic E-state index is 0.120. The molecule has 4 aromatic rings. The summed E-state index contributed by atoms with van der Waals surface area (Å²) in [5.74, 6) is -0.510. The number of ether oxygens (including phenoxy) is 2. The normalized spacial score (nSPS) is 14.6. The highest BCUT2D eigenvalue weighted by Gasteiger charge is 2.37. The molecule has 1 N–H and O–H groups in total. The van der Waals surface area contributed by atoms with Gasteiger partial charge in [-0.05, 0) is 60.2 Å². The van der Waals surface area contributed by atoms with Gasteiger partial charge in [0.05, 0.1) is 12.6 Å². The van der Waals surface area contributed by atoms with Crippen LogP contribution in [0.25, 0.3) is 0 Å². The standard InChI is InChI=1S/C38H39N3O6/c1-40(38(45)41-23-11-18-34(41)37(44)47-27-30-14-7-3-8-15-30)25-35(42)33(39-36(43)31-16-9-4-10-17-31)24-28-19-21-32(22-20-28)46-26-29-12-5-2-6-13-29/h2-10,12-17,19-22,33-34H,11,18,23-27H2,1H3,(H,39,43)/t33?,34-/m0/s1. The summed E-state index contributed by atoms with van der Waals surface area (Å²) >= 11 is 0. The van der Waals surface area contributed by atoms with Crippen molar-refractivity contribution in [1.82, 2.24) is 15.1 Å². The van der Waals surface area contributed by atoms with Crippen molar-refractivity contribution in [3.63, 3.8) is 0 Å². The van der Waals surface area contributed by atoms with E-state index in [0.717, 1.165) is 16.7 Å². The molecular formula is C38H39N3O6. The third-order valence-corrected chi connectivity index (χ3v) is 8.06. The fourth-order valence-electron chi connectivity index (χ4n) is 5.47. The number of Topliss-reactive ketones (excluding diaryl/α,β-unsaturated/α-hetero) is 1. The number of esters is 1. The van der Waals surface area contributed by atoms with Crippen LogP contribution in [-0.4, -0.2) is 65.7 Å². The van der Waals surface area contributed by atoms with Gasteiger partial charge in [-0.25, -0.2) is 9.59 Å². The fourth-order valence-corrected chi connectivity index (χ4v) is 5.47. The molecule has 0 bridgehead atoms. The molecule has 9 heteroatoms. The Labute approximate surface area is 275 Å². The Balaban J connectivity index is 1.22. The van der Waals surface area contributed by atoms with Crippen LogP contribution >= 0.6 is 0 Å².